The van der Waals surface area contributed by atoms with Crippen LogP contribution in [0.4, 0.5) is 5.69 Å². The van der Waals surface area contributed by atoms with Crippen LogP contribution in [-0.4, -0.2) is 37.8 Å². The molecular weight excluding hydrogens is 316 g/mol. The maximum absolute atomic E-state index is 12.2. The van der Waals surface area contributed by atoms with E-state index in [9.17, 15) is 18.0 Å². The Kier molecular flexibility index (Phi) is 4.14. The van der Waals surface area contributed by atoms with Gasteiger partial charge in [0.05, 0.1) is 11.5 Å². The van der Waals surface area contributed by atoms with Crippen molar-refractivity contribution in [3.05, 3.63) is 29.8 Å². The second kappa shape index (κ2) is 5.96. The Labute approximate surface area is 135 Å². The van der Waals surface area contributed by atoms with E-state index in [4.69, 9.17) is 0 Å². The Morgan fingerprint density at radius 3 is 2.61 bits per heavy atom. The van der Waals surface area contributed by atoms with Crippen molar-refractivity contribution in [2.75, 3.05) is 16.8 Å². The van der Waals surface area contributed by atoms with Crippen LogP contribution in [-0.2, 0) is 14.6 Å². The summed E-state index contributed by atoms with van der Waals surface area (Å²) in [7, 11) is -3.03. The molecule has 1 aliphatic carbocycles. The number of amides is 2. The van der Waals surface area contributed by atoms with E-state index < -0.39 is 9.84 Å². The zero-order valence-corrected chi connectivity index (χ0v) is 13.7. The van der Waals surface area contributed by atoms with Gasteiger partial charge in [0.2, 0.25) is 5.91 Å². The number of benzene rings is 1. The number of carbonyl (C=O) groups is 2. The van der Waals surface area contributed by atoms with Crippen molar-refractivity contribution in [1.29, 1.82) is 0 Å². The molecule has 1 aromatic rings. The number of rotatable bonds is 4. The largest absolute Gasteiger partial charge is 0.348 e. The number of hydrogen-bond acceptors (Lipinski definition) is 4. The van der Waals surface area contributed by atoms with Gasteiger partial charge in [0.25, 0.3) is 5.91 Å². The van der Waals surface area contributed by atoms with Gasteiger partial charge in [-0.3, -0.25) is 9.59 Å². The van der Waals surface area contributed by atoms with E-state index in [-0.39, 0.29) is 35.3 Å². The third-order valence-electron chi connectivity index (χ3n) is 4.41. The van der Waals surface area contributed by atoms with E-state index in [0.29, 0.717) is 23.6 Å². The molecule has 0 unspecified atom stereocenters. The second-order valence-corrected chi connectivity index (χ2v) is 8.69. The molecule has 0 bridgehead atoms. The molecule has 124 valence electrons. The zero-order valence-electron chi connectivity index (χ0n) is 12.9. The molecule has 6 nitrogen and oxygen atoms in total. The second-order valence-electron chi connectivity index (χ2n) is 6.46. The summed E-state index contributed by atoms with van der Waals surface area (Å²) in [6.07, 6.45) is 1.35. The fraction of sp³-hybridized carbons (Fsp3) is 0.500. The Hall–Kier alpha value is -1.89. The molecule has 1 aliphatic heterocycles. The van der Waals surface area contributed by atoms with Crippen LogP contribution in [0.5, 0.6) is 0 Å². The van der Waals surface area contributed by atoms with Gasteiger partial charge in [0.1, 0.15) is 0 Å². The lowest BCUT2D eigenvalue weighted by molar-refractivity contribution is -0.117. The molecule has 3 rings (SSSR count). The highest BCUT2D eigenvalue weighted by atomic mass is 32.2. The Morgan fingerprint density at radius 1 is 1.26 bits per heavy atom. The van der Waals surface area contributed by atoms with Crippen LogP contribution in [0.2, 0.25) is 0 Å². The lowest BCUT2D eigenvalue weighted by Gasteiger charge is -2.12. The molecule has 3 atom stereocenters. The lowest BCUT2D eigenvalue weighted by atomic mass is 10.1. The molecule has 2 aliphatic rings. The first-order valence-electron chi connectivity index (χ1n) is 7.76. The normalized spacial score (nSPS) is 28.1. The summed E-state index contributed by atoms with van der Waals surface area (Å²) in [6, 6.07) is 6.37. The van der Waals surface area contributed by atoms with Gasteiger partial charge in [0.15, 0.2) is 9.84 Å². The molecule has 1 saturated carbocycles. The van der Waals surface area contributed by atoms with Crippen molar-refractivity contribution in [3.63, 3.8) is 0 Å². The summed E-state index contributed by atoms with van der Waals surface area (Å²) >= 11 is 0. The van der Waals surface area contributed by atoms with E-state index in [1.807, 2.05) is 6.92 Å². The van der Waals surface area contributed by atoms with Gasteiger partial charge in [-0.2, -0.15) is 0 Å². The van der Waals surface area contributed by atoms with Crippen LogP contribution in [0, 0.1) is 11.8 Å². The highest BCUT2D eigenvalue weighted by Gasteiger charge is 2.39. The minimum Gasteiger partial charge on any atom is -0.348 e. The molecular formula is C16H20N2O4S. The first kappa shape index (κ1) is 16.0. The number of carbonyl (C=O) groups excluding carboxylic acids is 2. The number of sulfone groups is 1. The Balaban J connectivity index is 1.62. The van der Waals surface area contributed by atoms with Crippen LogP contribution < -0.4 is 10.6 Å². The average molecular weight is 336 g/mol. The topological polar surface area (TPSA) is 92.3 Å². The fourth-order valence-electron chi connectivity index (χ4n) is 2.84. The van der Waals surface area contributed by atoms with Crippen LogP contribution in [0.3, 0.4) is 0 Å². The lowest BCUT2D eigenvalue weighted by Crippen LogP contribution is -2.35. The SMILES string of the molecule is C[C@@H]1C[C@@H]1C(=O)Nc1cccc(C(=O)N[C@@H]2CCS(=O)(=O)C2)c1. The predicted molar refractivity (Wildman–Crippen MR) is 86.9 cm³/mol. The third kappa shape index (κ3) is 3.90. The number of anilines is 1. The van der Waals surface area contributed by atoms with Gasteiger partial charge in [-0.05, 0) is 37.0 Å². The van der Waals surface area contributed by atoms with E-state index in [1.165, 1.54) is 0 Å². The summed E-state index contributed by atoms with van der Waals surface area (Å²) in [5, 5.41) is 5.56. The van der Waals surface area contributed by atoms with Gasteiger partial charge < -0.3 is 10.6 Å². The van der Waals surface area contributed by atoms with Crippen molar-refractivity contribution in [2.45, 2.75) is 25.8 Å². The summed E-state index contributed by atoms with van der Waals surface area (Å²) in [5.41, 5.74) is 0.997. The molecule has 1 saturated heterocycles. The smallest absolute Gasteiger partial charge is 0.251 e. The Morgan fingerprint density at radius 2 is 2.00 bits per heavy atom. The predicted octanol–water partition coefficient (Wildman–Crippen LogP) is 1.20. The number of hydrogen-bond donors (Lipinski definition) is 2. The van der Waals surface area contributed by atoms with Crippen molar-refractivity contribution >= 4 is 27.3 Å². The molecule has 1 heterocycles. The average Bonchev–Trinajstić information content (AvgIpc) is 3.12. The van der Waals surface area contributed by atoms with Gasteiger partial charge in [-0.15, -0.1) is 0 Å². The molecule has 2 fully saturated rings. The van der Waals surface area contributed by atoms with Gasteiger partial charge in [-0.25, -0.2) is 8.42 Å². The number of nitrogens with one attached hydrogen (secondary N) is 2. The summed E-state index contributed by atoms with van der Waals surface area (Å²) < 4.78 is 22.9. The van der Waals surface area contributed by atoms with Gasteiger partial charge in [0, 0.05) is 23.2 Å². The molecule has 0 spiro atoms. The first-order chi connectivity index (χ1) is 10.8. The fourth-order valence-corrected chi connectivity index (χ4v) is 4.51. The molecule has 2 amide bonds. The highest BCUT2D eigenvalue weighted by molar-refractivity contribution is 7.91. The van der Waals surface area contributed by atoms with E-state index >= 15 is 0 Å². The molecule has 2 N–H and O–H groups in total. The van der Waals surface area contributed by atoms with E-state index in [2.05, 4.69) is 10.6 Å². The van der Waals surface area contributed by atoms with Crippen LogP contribution in [0.25, 0.3) is 0 Å². The molecule has 0 radical (unpaired) electrons. The van der Waals surface area contributed by atoms with E-state index in [0.717, 1.165) is 6.42 Å². The van der Waals surface area contributed by atoms with Gasteiger partial charge >= 0.3 is 0 Å². The summed E-state index contributed by atoms with van der Waals surface area (Å²) in [4.78, 5) is 24.2. The van der Waals surface area contributed by atoms with Crippen molar-refractivity contribution in [1.82, 2.24) is 5.32 Å². The molecule has 23 heavy (non-hydrogen) atoms. The van der Waals surface area contributed by atoms with Gasteiger partial charge in [-0.1, -0.05) is 13.0 Å². The van der Waals surface area contributed by atoms with Crippen molar-refractivity contribution in [3.8, 4) is 0 Å². The van der Waals surface area contributed by atoms with E-state index in [1.54, 1.807) is 24.3 Å². The van der Waals surface area contributed by atoms with Crippen molar-refractivity contribution in [2.24, 2.45) is 11.8 Å². The minimum atomic E-state index is -3.03. The van der Waals surface area contributed by atoms with Crippen molar-refractivity contribution < 1.29 is 18.0 Å². The van der Waals surface area contributed by atoms with Crippen LogP contribution >= 0.6 is 0 Å². The van der Waals surface area contributed by atoms with Crippen LogP contribution in [0.1, 0.15) is 30.1 Å². The Bertz CT molecular complexity index is 744. The zero-order chi connectivity index (χ0) is 16.6. The third-order valence-corrected chi connectivity index (χ3v) is 6.17. The maximum atomic E-state index is 12.2. The first-order valence-corrected chi connectivity index (χ1v) is 9.58. The van der Waals surface area contributed by atoms with Crippen LogP contribution in [0.15, 0.2) is 24.3 Å². The molecule has 7 heteroatoms. The quantitative estimate of drug-likeness (QED) is 0.864. The summed E-state index contributed by atoms with van der Waals surface area (Å²) in [6.45, 7) is 2.03. The molecule has 0 aromatic heterocycles. The minimum absolute atomic E-state index is 0.00522. The molecule has 1 aromatic carbocycles. The maximum Gasteiger partial charge on any atom is 0.251 e. The summed E-state index contributed by atoms with van der Waals surface area (Å²) in [5.74, 6) is 0.268. The standard InChI is InChI=1S/C16H20N2O4S/c1-10-7-14(10)16(20)17-12-4-2-3-11(8-12)15(19)18-13-5-6-23(21,22)9-13/h2-4,8,10,13-14H,5-7,9H2,1H3,(H,17,20)(H,18,19)/t10-,13-,14+/m1/s1. The highest BCUT2D eigenvalue weighted by Crippen LogP contribution is 2.38. The monoisotopic (exact) mass is 336 g/mol.